The van der Waals surface area contributed by atoms with Gasteiger partial charge in [-0.3, -0.25) is 0 Å². The molecule has 0 saturated carbocycles. The number of guanidine groups is 1. The number of rotatable bonds is 8. The molecule has 1 heterocycles. The molecule has 0 bridgehead atoms. The van der Waals surface area contributed by atoms with Crippen LogP contribution in [0.1, 0.15) is 18.9 Å². The standard InChI is InChI=1S/C20H35N5O2/c1-5-21-20(22-9-12-25-11-6-10-24(2)13-14-25)23-16-17-7-8-18(26-3)15-19(17)27-4/h7-8,15H,5-6,9-14,16H2,1-4H3,(H2,21,22,23). The Hall–Kier alpha value is -1.99. The van der Waals surface area contributed by atoms with Gasteiger partial charge in [0.2, 0.25) is 0 Å². The van der Waals surface area contributed by atoms with Gasteiger partial charge in [0.1, 0.15) is 11.5 Å². The molecular formula is C20H35N5O2. The summed E-state index contributed by atoms with van der Waals surface area (Å²) < 4.78 is 10.7. The Morgan fingerprint density at radius 3 is 2.70 bits per heavy atom. The molecule has 1 aromatic rings. The molecule has 0 aliphatic carbocycles. The molecule has 27 heavy (non-hydrogen) atoms. The van der Waals surface area contributed by atoms with E-state index in [-0.39, 0.29) is 0 Å². The van der Waals surface area contributed by atoms with Crippen LogP contribution in [0.25, 0.3) is 0 Å². The minimum Gasteiger partial charge on any atom is -0.497 e. The highest BCUT2D eigenvalue weighted by molar-refractivity contribution is 5.79. The molecule has 7 nitrogen and oxygen atoms in total. The first-order valence-corrected chi connectivity index (χ1v) is 9.80. The third-order valence-corrected chi connectivity index (χ3v) is 4.78. The SMILES string of the molecule is CCNC(=NCc1ccc(OC)cc1OC)NCCN1CCCN(C)CC1. The molecule has 1 fully saturated rings. The van der Waals surface area contributed by atoms with Gasteiger partial charge >= 0.3 is 0 Å². The second-order valence-electron chi connectivity index (χ2n) is 6.80. The van der Waals surface area contributed by atoms with E-state index < -0.39 is 0 Å². The Morgan fingerprint density at radius 2 is 1.96 bits per heavy atom. The predicted octanol–water partition coefficient (Wildman–Crippen LogP) is 1.40. The Labute approximate surface area is 163 Å². The first-order chi connectivity index (χ1) is 13.2. The Morgan fingerprint density at radius 1 is 1.11 bits per heavy atom. The predicted molar refractivity (Wildman–Crippen MR) is 111 cm³/mol. The molecule has 0 amide bonds. The van der Waals surface area contributed by atoms with Crippen LogP contribution in [0.3, 0.4) is 0 Å². The molecule has 0 unspecified atom stereocenters. The summed E-state index contributed by atoms with van der Waals surface area (Å²) in [6.45, 7) is 10.0. The fraction of sp³-hybridized carbons (Fsp3) is 0.650. The lowest BCUT2D eigenvalue weighted by Gasteiger charge is -2.21. The molecule has 7 heteroatoms. The van der Waals surface area contributed by atoms with Gasteiger partial charge in [0, 0.05) is 44.4 Å². The minimum absolute atomic E-state index is 0.553. The summed E-state index contributed by atoms with van der Waals surface area (Å²) >= 11 is 0. The van der Waals surface area contributed by atoms with E-state index in [4.69, 9.17) is 14.5 Å². The van der Waals surface area contributed by atoms with Crippen LogP contribution < -0.4 is 20.1 Å². The number of likely N-dealkylation sites (N-methyl/N-ethyl adjacent to an activating group) is 1. The number of hydrogen-bond donors (Lipinski definition) is 2. The van der Waals surface area contributed by atoms with E-state index in [1.165, 1.54) is 19.5 Å². The van der Waals surface area contributed by atoms with E-state index in [1.54, 1.807) is 14.2 Å². The van der Waals surface area contributed by atoms with Crippen LogP contribution in [0.5, 0.6) is 11.5 Å². The molecule has 1 aliphatic heterocycles. The van der Waals surface area contributed by atoms with Crippen molar-refractivity contribution >= 4 is 5.96 Å². The average molecular weight is 378 g/mol. The van der Waals surface area contributed by atoms with Crippen LogP contribution in [-0.2, 0) is 6.54 Å². The summed E-state index contributed by atoms with van der Waals surface area (Å²) in [6, 6.07) is 5.82. The highest BCUT2D eigenvalue weighted by atomic mass is 16.5. The Bertz CT molecular complexity index is 594. The van der Waals surface area contributed by atoms with Crippen molar-refractivity contribution in [2.75, 3.05) is 67.1 Å². The fourth-order valence-electron chi connectivity index (χ4n) is 3.14. The van der Waals surface area contributed by atoms with Crippen molar-refractivity contribution < 1.29 is 9.47 Å². The maximum atomic E-state index is 5.46. The Balaban J connectivity index is 1.88. The van der Waals surface area contributed by atoms with Crippen LogP contribution in [-0.4, -0.2) is 82.8 Å². The van der Waals surface area contributed by atoms with Gasteiger partial charge in [-0.05, 0) is 45.6 Å². The number of nitrogens with one attached hydrogen (secondary N) is 2. The van der Waals surface area contributed by atoms with Crippen molar-refractivity contribution in [1.29, 1.82) is 0 Å². The van der Waals surface area contributed by atoms with Gasteiger partial charge < -0.3 is 29.9 Å². The van der Waals surface area contributed by atoms with Crippen LogP contribution in [0, 0.1) is 0 Å². The van der Waals surface area contributed by atoms with Crippen LogP contribution in [0.15, 0.2) is 23.2 Å². The number of aliphatic imine (C=N–C) groups is 1. The zero-order valence-corrected chi connectivity index (χ0v) is 17.3. The summed E-state index contributed by atoms with van der Waals surface area (Å²) in [5.74, 6) is 2.41. The van der Waals surface area contributed by atoms with Crippen molar-refractivity contribution in [3.05, 3.63) is 23.8 Å². The third-order valence-electron chi connectivity index (χ3n) is 4.78. The maximum Gasteiger partial charge on any atom is 0.191 e. The first kappa shape index (κ1) is 21.3. The highest BCUT2D eigenvalue weighted by Crippen LogP contribution is 2.25. The molecule has 0 aromatic heterocycles. The van der Waals surface area contributed by atoms with E-state index in [2.05, 4.69) is 34.4 Å². The quantitative estimate of drug-likeness (QED) is 0.527. The van der Waals surface area contributed by atoms with Crippen LogP contribution in [0.2, 0.25) is 0 Å². The second kappa shape index (κ2) is 11.7. The van der Waals surface area contributed by atoms with Crippen molar-refractivity contribution in [2.24, 2.45) is 4.99 Å². The van der Waals surface area contributed by atoms with Crippen molar-refractivity contribution in [3.63, 3.8) is 0 Å². The summed E-state index contributed by atoms with van der Waals surface area (Å²) in [6.07, 6.45) is 1.24. The molecule has 152 valence electrons. The minimum atomic E-state index is 0.553. The number of hydrogen-bond acceptors (Lipinski definition) is 5. The zero-order valence-electron chi connectivity index (χ0n) is 17.3. The molecule has 0 atom stereocenters. The molecule has 1 saturated heterocycles. The second-order valence-corrected chi connectivity index (χ2v) is 6.80. The summed E-state index contributed by atoms with van der Waals surface area (Å²) in [7, 11) is 5.53. The number of methoxy groups -OCH3 is 2. The fourth-order valence-corrected chi connectivity index (χ4v) is 3.14. The van der Waals surface area contributed by atoms with Crippen LogP contribution >= 0.6 is 0 Å². The van der Waals surface area contributed by atoms with Crippen molar-refractivity contribution in [1.82, 2.24) is 20.4 Å². The van der Waals surface area contributed by atoms with Crippen LogP contribution in [0.4, 0.5) is 0 Å². The third kappa shape index (κ3) is 7.27. The summed E-state index contributed by atoms with van der Waals surface area (Å²) in [4.78, 5) is 9.63. The van der Waals surface area contributed by atoms with E-state index in [0.717, 1.165) is 55.7 Å². The van der Waals surface area contributed by atoms with Gasteiger partial charge in [-0.1, -0.05) is 0 Å². The topological polar surface area (TPSA) is 61.4 Å². The van der Waals surface area contributed by atoms with Gasteiger partial charge in [0.15, 0.2) is 5.96 Å². The average Bonchev–Trinajstić information content (AvgIpc) is 2.90. The van der Waals surface area contributed by atoms with E-state index in [0.29, 0.717) is 6.54 Å². The maximum absolute atomic E-state index is 5.46. The number of nitrogens with zero attached hydrogens (tertiary/aromatic N) is 3. The highest BCUT2D eigenvalue weighted by Gasteiger charge is 2.11. The number of benzene rings is 1. The normalized spacial score (nSPS) is 16.7. The smallest absolute Gasteiger partial charge is 0.191 e. The molecular weight excluding hydrogens is 342 g/mol. The lowest BCUT2D eigenvalue weighted by atomic mass is 10.2. The van der Waals surface area contributed by atoms with Crippen molar-refractivity contribution in [2.45, 2.75) is 19.9 Å². The Kier molecular flexibility index (Phi) is 9.21. The van der Waals surface area contributed by atoms with Gasteiger partial charge in [0.05, 0.1) is 20.8 Å². The van der Waals surface area contributed by atoms with E-state index in [1.807, 2.05) is 18.2 Å². The van der Waals surface area contributed by atoms with Gasteiger partial charge in [-0.25, -0.2) is 4.99 Å². The summed E-state index contributed by atoms with van der Waals surface area (Å²) in [5.41, 5.74) is 1.03. The first-order valence-electron chi connectivity index (χ1n) is 9.80. The van der Waals surface area contributed by atoms with E-state index >= 15 is 0 Å². The largest absolute Gasteiger partial charge is 0.497 e. The lowest BCUT2D eigenvalue weighted by molar-refractivity contribution is 0.280. The van der Waals surface area contributed by atoms with Gasteiger partial charge in [0.25, 0.3) is 0 Å². The molecule has 2 rings (SSSR count). The van der Waals surface area contributed by atoms with E-state index in [9.17, 15) is 0 Å². The zero-order chi connectivity index (χ0) is 19.5. The monoisotopic (exact) mass is 377 g/mol. The molecule has 1 aliphatic rings. The number of ether oxygens (including phenoxy) is 2. The molecule has 0 spiro atoms. The van der Waals surface area contributed by atoms with Gasteiger partial charge in [-0.15, -0.1) is 0 Å². The summed E-state index contributed by atoms with van der Waals surface area (Å²) in [5, 5.41) is 6.76. The molecule has 1 aromatic carbocycles. The van der Waals surface area contributed by atoms with Crippen molar-refractivity contribution in [3.8, 4) is 11.5 Å². The van der Waals surface area contributed by atoms with Gasteiger partial charge in [-0.2, -0.15) is 0 Å². The molecule has 0 radical (unpaired) electrons. The molecule has 2 N–H and O–H groups in total. The lowest BCUT2D eigenvalue weighted by Crippen LogP contribution is -2.42.